The average Bonchev–Trinajstić information content (AvgIpc) is 2.98. The molecule has 0 saturated heterocycles. The molecular formula is C20H19F3N2O. The van der Waals surface area contributed by atoms with Crippen LogP contribution in [0.5, 0.6) is 0 Å². The predicted octanol–water partition coefficient (Wildman–Crippen LogP) is 5.08. The topological polar surface area (TPSA) is 48.0 Å². The fourth-order valence-electron chi connectivity index (χ4n) is 3.07. The van der Waals surface area contributed by atoms with Crippen LogP contribution in [0.2, 0.25) is 0 Å². The first kappa shape index (κ1) is 18.2. The van der Waals surface area contributed by atoms with E-state index < -0.39 is 11.7 Å². The van der Waals surface area contributed by atoms with Gasteiger partial charge in [0.1, 0.15) is 0 Å². The summed E-state index contributed by atoms with van der Waals surface area (Å²) in [6.07, 6.45) is -2.78. The van der Waals surface area contributed by atoms with E-state index in [0.717, 1.165) is 17.0 Å². The lowest BCUT2D eigenvalue weighted by atomic mass is 9.98. The molecule has 2 N–H and O–H groups in total. The first-order chi connectivity index (χ1) is 12.2. The molecular weight excluding hydrogens is 341 g/mol. The summed E-state index contributed by atoms with van der Waals surface area (Å²) in [4.78, 5) is 12.5. The zero-order valence-electron chi connectivity index (χ0n) is 14.5. The Labute approximate surface area is 149 Å². The largest absolute Gasteiger partial charge is 0.417 e. The van der Waals surface area contributed by atoms with Crippen LogP contribution >= 0.6 is 0 Å². The summed E-state index contributed by atoms with van der Waals surface area (Å²) in [5, 5.41) is 0.773. The second kappa shape index (κ2) is 6.61. The molecule has 0 saturated carbocycles. The normalized spacial score (nSPS) is 12.1. The van der Waals surface area contributed by atoms with E-state index in [1.165, 1.54) is 16.7 Å². The molecule has 3 nitrogen and oxygen atoms in total. The molecule has 3 rings (SSSR count). The molecule has 0 spiro atoms. The third-order valence-electron chi connectivity index (χ3n) is 4.38. The standard InChI is InChI=1S/C20H19F3N2O/c1-12(2)19(26)25-11-14(10-24)16-8-7-13(9-18(16)25)15-5-3-4-6-17(15)20(21,22)23/h3-9,11-12H,10,24H2,1-2H3. The van der Waals surface area contributed by atoms with Gasteiger partial charge in [0.25, 0.3) is 0 Å². The summed E-state index contributed by atoms with van der Waals surface area (Å²) >= 11 is 0. The molecule has 0 fully saturated rings. The number of fused-ring (bicyclic) bond motifs is 1. The molecule has 0 aliphatic rings. The number of nitrogens with zero attached hydrogens (tertiary/aromatic N) is 1. The zero-order chi connectivity index (χ0) is 19.1. The monoisotopic (exact) mass is 360 g/mol. The van der Waals surface area contributed by atoms with Gasteiger partial charge in [-0.05, 0) is 28.8 Å². The molecule has 0 unspecified atom stereocenters. The van der Waals surface area contributed by atoms with Crippen molar-refractivity contribution < 1.29 is 18.0 Å². The molecule has 0 bridgehead atoms. The maximum absolute atomic E-state index is 13.3. The van der Waals surface area contributed by atoms with Gasteiger partial charge in [0, 0.05) is 24.0 Å². The molecule has 136 valence electrons. The van der Waals surface area contributed by atoms with Gasteiger partial charge < -0.3 is 5.73 Å². The molecule has 6 heteroatoms. The Morgan fingerprint density at radius 2 is 1.85 bits per heavy atom. The molecule has 0 radical (unpaired) electrons. The summed E-state index contributed by atoms with van der Waals surface area (Å²) in [5.74, 6) is -0.377. The third kappa shape index (κ3) is 3.12. The van der Waals surface area contributed by atoms with Gasteiger partial charge in [-0.15, -0.1) is 0 Å². The Bertz CT molecular complexity index is 971. The number of alkyl halides is 3. The Kier molecular flexibility index (Phi) is 4.63. The lowest BCUT2D eigenvalue weighted by Crippen LogP contribution is -2.15. The van der Waals surface area contributed by atoms with E-state index in [1.54, 1.807) is 44.3 Å². The van der Waals surface area contributed by atoms with Crippen LogP contribution in [0, 0.1) is 5.92 Å². The van der Waals surface area contributed by atoms with Crippen molar-refractivity contribution in [3.63, 3.8) is 0 Å². The number of carbonyl (C=O) groups is 1. The Hall–Kier alpha value is -2.60. The van der Waals surface area contributed by atoms with Gasteiger partial charge >= 0.3 is 6.18 Å². The summed E-state index contributed by atoms with van der Waals surface area (Å²) in [6.45, 7) is 3.80. The van der Waals surface area contributed by atoms with Crippen molar-refractivity contribution in [2.24, 2.45) is 11.7 Å². The van der Waals surface area contributed by atoms with E-state index in [1.807, 2.05) is 0 Å². The van der Waals surface area contributed by atoms with Gasteiger partial charge in [0.15, 0.2) is 0 Å². The fraction of sp³-hybridized carbons (Fsp3) is 0.250. The van der Waals surface area contributed by atoms with Crippen LogP contribution in [0.3, 0.4) is 0 Å². The summed E-state index contributed by atoms with van der Waals surface area (Å²) in [6, 6.07) is 10.4. The van der Waals surface area contributed by atoms with Crippen molar-refractivity contribution in [3.05, 3.63) is 59.8 Å². The highest BCUT2D eigenvalue weighted by Gasteiger charge is 2.33. The van der Waals surface area contributed by atoms with Crippen LogP contribution in [0.25, 0.3) is 22.0 Å². The molecule has 1 heterocycles. The highest BCUT2D eigenvalue weighted by molar-refractivity contribution is 5.97. The molecule has 26 heavy (non-hydrogen) atoms. The highest BCUT2D eigenvalue weighted by Crippen LogP contribution is 2.38. The van der Waals surface area contributed by atoms with Crippen LogP contribution in [-0.4, -0.2) is 10.5 Å². The first-order valence-electron chi connectivity index (χ1n) is 8.29. The molecule has 3 aromatic rings. The van der Waals surface area contributed by atoms with Gasteiger partial charge in [-0.2, -0.15) is 13.2 Å². The van der Waals surface area contributed by atoms with Crippen LogP contribution in [0.15, 0.2) is 48.7 Å². The lowest BCUT2D eigenvalue weighted by Gasteiger charge is -2.13. The van der Waals surface area contributed by atoms with Gasteiger partial charge in [0.2, 0.25) is 5.91 Å². The Morgan fingerprint density at radius 1 is 1.15 bits per heavy atom. The number of hydrogen-bond donors (Lipinski definition) is 1. The smallest absolute Gasteiger partial charge is 0.326 e. The lowest BCUT2D eigenvalue weighted by molar-refractivity contribution is -0.137. The van der Waals surface area contributed by atoms with E-state index in [0.29, 0.717) is 11.1 Å². The average molecular weight is 360 g/mol. The number of hydrogen-bond acceptors (Lipinski definition) is 2. The summed E-state index contributed by atoms with van der Waals surface area (Å²) < 4.78 is 41.5. The minimum absolute atomic E-state index is 0.0842. The minimum Gasteiger partial charge on any atom is -0.326 e. The second-order valence-corrected chi connectivity index (χ2v) is 6.50. The second-order valence-electron chi connectivity index (χ2n) is 6.50. The molecule has 0 amide bonds. The highest BCUT2D eigenvalue weighted by atomic mass is 19.4. The van der Waals surface area contributed by atoms with Gasteiger partial charge in [-0.25, -0.2) is 0 Å². The van der Waals surface area contributed by atoms with Gasteiger partial charge in [0.05, 0.1) is 11.1 Å². The number of aromatic nitrogens is 1. The molecule has 2 aromatic carbocycles. The van der Waals surface area contributed by atoms with Crippen molar-refractivity contribution in [2.45, 2.75) is 26.6 Å². The number of carbonyl (C=O) groups excluding carboxylic acids is 1. The van der Waals surface area contributed by atoms with E-state index in [4.69, 9.17) is 5.73 Å². The van der Waals surface area contributed by atoms with Gasteiger partial charge in [-0.3, -0.25) is 9.36 Å². The van der Waals surface area contributed by atoms with Crippen LogP contribution < -0.4 is 5.73 Å². The molecule has 0 aliphatic heterocycles. The van der Waals surface area contributed by atoms with E-state index >= 15 is 0 Å². The quantitative estimate of drug-likeness (QED) is 0.708. The summed E-state index contributed by atoms with van der Waals surface area (Å²) in [5.41, 5.74) is 6.90. The molecule has 0 aliphatic carbocycles. The van der Waals surface area contributed by atoms with Crippen LogP contribution in [0.4, 0.5) is 13.2 Å². The van der Waals surface area contributed by atoms with Crippen LogP contribution in [0.1, 0.15) is 29.8 Å². The van der Waals surface area contributed by atoms with Gasteiger partial charge in [-0.1, -0.05) is 44.2 Å². The molecule has 0 atom stereocenters. The van der Waals surface area contributed by atoms with E-state index in [9.17, 15) is 18.0 Å². The number of benzene rings is 2. The van der Waals surface area contributed by atoms with E-state index in [2.05, 4.69) is 0 Å². The number of rotatable bonds is 3. The first-order valence-corrected chi connectivity index (χ1v) is 8.29. The van der Waals surface area contributed by atoms with Crippen molar-refractivity contribution in [1.82, 2.24) is 4.57 Å². The number of halogens is 3. The zero-order valence-corrected chi connectivity index (χ0v) is 14.5. The van der Waals surface area contributed by atoms with Crippen molar-refractivity contribution in [1.29, 1.82) is 0 Å². The van der Waals surface area contributed by atoms with Crippen molar-refractivity contribution in [3.8, 4) is 11.1 Å². The van der Waals surface area contributed by atoms with Crippen molar-refractivity contribution >= 4 is 16.8 Å². The van der Waals surface area contributed by atoms with Crippen molar-refractivity contribution in [2.75, 3.05) is 0 Å². The summed E-state index contributed by atoms with van der Waals surface area (Å²) in [7, 11) is 0. The maximum Gasteiger partial charge on any atom is 0.417 e. The minimum atomic E-state index is -4.45. The fourth-order valence-corrected chi connectivity index (χ4v) is 3.07. The maximum atomic E-state index is 13.3. The predicted molar refractivity (Wildman–Crippen MR) is 95.7 cm³/mol. The van der Waals surface area contributed by atoms with Crippen LogP contribution in [-0.2, 0) is 12.7 Å². The molecule has 1 aromatic heterocycles. The Balaban J connectivity index is 2.25. The van der Waals surface area contributed by atoms with E-state index in [-0.39, 0.29) is 23.9 Å². The SMILES string of the molecule is CC(C)C(=O)n1cc(CN)c2ccc(-c3ccccc3C(F)(F)F)cc21. The Morgan fingerprint density at radius 3 is 2.46 bits per heavy atom. The number of nitrogens with two attached hydrogens (primary N) is 1. The third-order valence-corrected chi connectivity index (χ3v) is 4.38.